The minimum atomic E-state index is -0.511. The Labute approximate surface area is 315 Å². The maximum Gasteiger partial charge on any atom is 0.343 e. The van der Waals surface area contributed by atoms with E-state index in [0.717, 1.165) is 65.1 Å². The van der Waals surface area contributed by atoms with Gasteiger partial charge < -0.3 is 18.9 Å². The molecule has 0 amide bonds. The number of benzene rings is 6. The molecule has 0 unspecified atom stereocenters. The Hall–Kier alpha value is -6.54. The van der Waals surface area contributed by atoms with Crippen molar-refractivity contribution in [3.8, 4) is 23.0 Å². The lowest BCUT2D eigenvalue weighted by Crippen LogP contribution is -2.09. The molecule has 0 radical (unpaired) electrons. The maximum absolute atomic E-state index is 13.2. The van der Waals surface area contributed by atoms with E-state index in [0.29, 0.717) is 41.2 Å². The van der Waals surface area contributed by atoms with Crippen LogP contribution in [0.2, 0.25) is 0 Å². The molecule has 54 heavy (non-hydrogen) atoms. The Morgan fingerprint density at radius 1 is 0.537 bits per heavy atom. The van der Waals surface area contributed by atoms with Crippen LogP contribution in [0.5, 0.6) is 23.0 Å². The second kappa shape index (κ2) is 18.8. The van der Waals surface area contributed by atoms with Crippen LogP contribution in [0.4, 0.5) is 11.4 Å². The van der Waals surface area contributed by atoms with E-state index in [1.54, 1.807) is 54.9 Å². The van der Waals surface area contributed by atoms with Crippen molar-refractivity contribution in [3.05, 3.63) is 156 Å². The summed E-state index contributed by atoms with van der Waals surface area (Å²) < 4.78 is 23.0. The smallest absolute Gasteiger partial charge is 0.343 e. The Morgan fingerprint density at radius 3 is 1.52 bits per heavy atom. The van der Waals surface area contributed by atoms with Gasteiger partial charge in [-0.15, -0.1) is 0 Å². The largest absolute Gasteiger partial charge is 0.494 e. The van der Waals surface area contributed by atoms with E-state index in [2.05, 4.69) is 23.8 Å². The SMILES string of the molecule is CCCCOc1ccc(N=Cc2ccc(C(=O)Oc3ccc4cccc(OC(=O)c5ccc(C=Nc6ccc(OCCCC)cc6)cc5)c4c3)cc2)cc1. The van der Waals surface area contributed by atoms with Gasteiger partial charge in [-0.25, -0.2) is 9.59 Å². The van der Waals surface area contributed by atoms with Crippen molar-refractivity contribution in [1.82, 2.24) is 0 Å². The van der Waals surface area contributed by atoms with Gasteiger partial charge in [-0.2, -0.15) is 0 Å². The van der Waals surface area contributed by atoms with Gasteiger partial charge in [0.05, 0.1) is 35.7 Å². The molecule has 6 aromatic carbocycles. The zero-order valence-corrected chi connectivity index (χ0v) is 30.4. The molecule has 272 valence electrons. The van der Waals surface area contributed by atoms with Crippen molar-refractivity contribution in [2.75, 3.05) is 13.2 Å². The number of unbranched alkanes of at least 4 members (excludes halogenated alkanes) is 2. The Balaban J connectivity index is 1.05. The fourth-order valence-electron chi connectivity index (χ4n) is 5.33. The van der Waals surface area contributed by atoms with E-state index in [1.165, 1.54) is 0 Å². The predicted molar refractivity (Wildman–Crippen MR) is 215 cm³/mol. The molecular weight excluding hydrogens is 677 g/mol. The van der Waals surface area contributed by atoms with Crippen LogP contribution >= 0.6 is 0 Å². The first-order chi connectivity index (χ1) is 26.5. The lowest BCUT2D eigenvalue weighted by molar-refractivity contribution is 0.0724. The van der Waals surface area contributed by atoms with Crippen molar-refractivity contribution in [2.24, 2.45) is 9.98 Å². The number of hydrogen-bond donors (Lipinski definition) is 0. The molecule has 0 saturated heterocycles. The maximum atomic E-state index is 13.2. The fourth-order valence-corrected chi connectivity index (χ4v) is 5.33. The molecule has 0 bridgehead atoms. The summed E-state index contributed by atoms with van der Waals surface area (Å²) in [5.41, 5.74) is 4.05. The molecule has 0 aliphatic rings. The van der Waals surface area contributed by atoms with E-state index >= 15 is 0 Å². The third kappa shape index (κ3) is 10.5. The van der Waals surface area contributed by atoms with Crippen LogP contribution in [-0.2, 0) is 0 Å². The monoisotopic (exact) mass is 718 g/mol. The summed E-state index contributed by atoms with van der Waals surface area (Å²) >= 11 is 0. The zero-order valence-electron chi connectivity index (χ0n) is 30.4. The van der Waals surface area contributed by atoms with Crippen molar-refractivity contribution in [2.45, 2.75) is 39.5 Å². The molecule has 6 rings (SSSR count). The summed E-state index contributed by atoms with van der Waals surface area (Å²) in [4.78, 5) is 35.3. The topological polar surface area (TPSA) is 95.8 Å². The molecule has 0 saturated carbocycles. The van der Waals surface area contributed by atoms with Crippen molar-refractivity contribution in [1.29, 1.82) is 0 Å². The van der Waals surface area contributed by atoms with E-state index in [1.807, 2.05) is 91.0 Å². The minimum Gasteiger partial charge on any atom is -0.494 e. The average molecular weight is 719 g/mol. The van der Waals surface area contributed by atoms with Gasteiger partial charge in [-0.3, -0.25) is 9.98 Å². The van der Waals surface area contributed by atoms with Gasteiger partial charge in [-0.05, 0) is 120 Å². The van der Waals surface area contributed by atoms with Crippen LogP contribution in [0, 0.1) is 0 Å². The lowest BCUT2D eigenvalue weighted by Gasteiger charge is -2.10. The van der Waals surface area contributed by atoms with Gasteiger partial charge in [0, 0.05) is 17.8 Å². The molecule has 0 heterocycles. The molecule has 6 aromatic rings. The molecule has 0 aliphatic heterocycles. The minimum absolute atomic E-state index is 0.325. The highest BCUT2D eigenvalue weighted by molar-refractivity contribution is 5.97. The van der Waals surface area contributed by atoms with Crippen molar-refractivity contribution >= 4 is 46.5 Å². The Bertz CT molecular complexity index is 2210. The van der Waals surface area contributed by atoms with Gasteiger partial charge in [0.25, 0.3) is 0 Å². The van der Waals surface area contributed by atoms with Crippen LogP contribution in [0.3, 0.4) is 0 Å². The summed E-state index contributed by atoms with van der Waals surface area (Å²) in [5, 5.41) is 1.46. The van der Waals surface area contributed by atoms with Crippen LogP contribution < -0.4 is 18.9 Å². The number of carbonyl (C=O) groups excluding carboxylic acids is 2. The first-order valence-electron chi connectivity index (χ1n) is 18.2. The number of fused-ring (bicyclic) bond motifs is 1. The highest BCUT2D eigenvalue weighted by Crippen LogP contribution is 2.30. The fraction of sp³-hybridized carbons (Fsp3) is 0.174. The first kappa shape index (κ1) is 37.2. The number of ether oxygens (including phenoxy) is 4. The number of nitrogens with zero attached hydrogens (tertiary/aromatic N) is 2. The molecule has 0 N–H and O–H groups in total. The van der Waals surface area contributed by atoms with Crippen LogP contribution in [0.25, 0.3) is 10.8 Å². The van der Waals surface area contributed by atoms with Gasteiger partial charge in [0.1, 0.15) is 23.0 Å². The standard InChI is InChI=1S/C46H42N2O6/c1-3-5-28-51-40-24-19-38(20-25-40)47-31-33-10-14-36(15-11-33)45(49)53-42-23-18-35-8-7-9-44(43(35)30-42)54-46(50)37-16-12-34(13-17-37)32-48-39-21-26-41(27-22-39)52-29-6-4-2/h7-27,30-32H,3-6,28-29H2,1-2H3. The zero-order chi connectivity index (χ0) is 37.5. The average Bonchev–Trinajstić information content (AvgIpc) is 3.21. The van der Waals surface area contributed by atoms with E-state index in [-0.39, 0.29) is 0 Å². The van der Waals surface area contributed by atoms with Gasteiger partial charge >= 0.3 is 11.9 Å². The first-order valence-corrected chi connectivity index (χ1v) is 18.2. The van der Waals surface area contributed by atoms with E-state index in [9.17, 15) is 9.59 Å². The summed E-state index contributed by atoms with van der Waals surface area (Å²) in [5.74, 6) is 1.30. The Kier molecular flexibility index (Phi) is 13.0. The predicted octanol–water partition coefficient (Wildman–Crippen LogP) is 11.1. The number of hydrogen-bond acceptors (Lipinski definition) is 8. The molecule has 0 fully saturated rings. The number of rotatable bonds is 16. The number of carbonyl (C=O) groups is 2. The molecule has 0 atom stereocenters. The second-order valence-corrected chi connectivity index (χ2v) is 12.6. The van der Waals surface area contributed by atoms with Crippen molar-refractivity contribution < 1.29 is 28.5 Å². The van der Waals surface area contributed by atoms with Gasteiger partial charge in [0.15, 0.2) is 0 Å². The van der Waals surface area contributed by atoms with Gasteiger partial charge in [-0.1, -0.05) is 69.2 Å². The molecular formula is C46H42N2O6. The highest BCUT2D eigenvalue weighted by Gasteiger charge is 2.14. The summed E-state index contributed by atoms with van der Waals surface area (Å²) in [6.07, 6.45) is 7.69. The summed E-state index contributed by atoms with van der Waals surface area (Å²) in [6, 6.07) is 39.9. The van der Waals surface area contributed by atoms with E-state index in [4.69, 9.17) is 18.9 Å². The third-order valence-corrected chi connectivity index (χ3v) is 8.45. The lowest BCUT2D eigenvalue weighted by atomic mass is 10.1. The third-order valence-electron chi connectivity index (χ3n) is 8.45. The molecule has 0 spiro atoms. The highest BCUT2D eigenvalue weighted by atomic mass is 16.5. The second-order valence-electron chi connectivity index (χ2n) is 12.6. The van der Waals surface area contributed by atoms with E-state index < -0.39 is 11.9 Å². The van der Waals surface area contributed by atoms with Crippen LogP contribution in [0.1, 0.15) is 71.4 Å². The van der Waals surface area contributed by atoms with Crippen LogP contribution in [-0.4, -0.2) is 37.6 Å². The molecule has 0 aliphatic carbocycles. The van der Waals surface area contributed by atoms with Crippen molar-refractivity contribution in [3.63, 3.8) is 0 Å². The van der Waals surface area contributed by atoms with Crippen LogP contribution in [0.15, 0.2) is 143 Å². The van der Waals surface area contributed by atoms with Gasteiger partial charge in [0.2, 0.25) is 0 Å². The molecule has 8 nitrogen and oxygen atoms in total. The summed E-state index contributed by atoms with van der Waals surface area (Å²) in [6.45, 7) is 5.66. The number of esters is 2. The molecule has 8 heteroatoms. The normalized spacial score (nSPS) is 11.2. The quantitative estimate of drug-likeness (QED) is 0.0428. The Morgan fingerprint density at radius 2 is 1.02 bits per heavy atom. The number of aliphatic imine (C=N–C) groups is 2. The summed E-state index contributed by atoms with van der Waals surface area (Å²) in [7, 11) is 0. The molecule has 0 aromatic heterocycles.